The number of aliphatic hydroxyl groups is 1. The van der Waals surface area contributed by atoms with Crippen LogP contribution in [0.2, 0.25) is 0 Å². The number of aliphatic hydroxyl groups excluding tert-OH is 1. The summed E-state index contributed by atoms with van der Waals surface area (Å²) in [6, 6.07) is 4.76. The van der Waals surface area contributed by atoms with Gasteiger partial charge in [0, 0.05) is 42.7 Å². The summed E-state index contributed by atoms with van der Waals surface area (Å²) >= 11 is 0. The van der Waals surface area contributed by atoms with Gasteiger partial charge in [0.05, 0.1) is 36.2 Å². The molecule has 4 rings (SSSR count). The number of aromatic nitrogens is 2. The fraction of sp³-hybridized carbons (Fsp3) is 0.318. The lowest BCUT2D eigenvalue weighted by molar-refractivity contribution is -0.109. The number of nitrogens with zero attached hydrogens (tertiary/aromatic N) is 2. The van der Waals surface area contributed by atoms with Crippen LogP contribution in [0.4, 0.5) is 4.39 Å². The summed E-state index contributed by atoms with van der Waals surface area (Å²) in [7, 11) is 1.46. The summed E-state index contributed by atoms with van der Waals surface area (Å²) in [6.45, 7) is 2.17. The normalized spacial score (nSPS) is 13.4. The highest BCUT2D eigenvalue weighted by Gasteiger charge is 2.29. The molecule has 1 atom stereocenters. The molecule has 1 unspecified atom stereocenters. The molecule has 0 fully saturated rings. The third-order valence-corrected chi connectivity index (χ3v) is 5.65. The van der Waals surface area contributed by atoms with Crippen molar-refractivity contribution in [2.24, 2.45) is 5.73 Å². The van der Waals surface area contributed by atoms with Crippen molar-refractivity contribution in [2.45, 2.75) is 39.1 Å². The Bertz CT molecular complexity index is 1240. The average molecular weight is 411 g/mol. The van der Waals surface area contributed by atoms with Gasteiger partial charge < -0.3 is 24.9 Å². The highest BCUT2D eigenvalue weighted by atomic mass is 19.1. The molecule has 1 aromatic carbocycles. The first-order valence-electron chi connectivity index (χ1n) is 9.60. The number of carbonyl (C=O) groups excluding carboxylic acids is 1. The number of fused-ring (bicyclic) bond motifs is 4. The zero-order valence-electron chi connectivity index (χ0n) is 16.7. The molecule has 3 aromatic rings. The largest absolute Gasteiger partial charge is 0.388 e. The molecule has 0 bridgehead atoms. The molecule has 8 heteroatoms. The van der Waals surface area contributed by atoms with E-state index < -0.39 is 6.10 Å². The number of benzene rings is 1. The lowest BCUT2D eigenvalue weighted by Gasteiger charge is -2.16. The summed E-state index contributed by atoms with van der Waals surface area (Å²) < 4.78 is 20.9. The molecule has 1 aliphatic rings. The highest BCUT2D eigenvalue weighted by molar-refractivity contribution is 5.88. The van der Waals surface area contributed by atoms with Gasteiger partial charge in [0.25, 0.3) is 5.56 Å². The van der Waals surface area contributed by atoms with E-state index in [1.54, 1.807) is 23.6 Å². The number of pyridine rings is 2. The smallest absolute Gasteiger partial charge is 0.257 e. The van der Waals surface area contributed by atoms with Gasteiger partial charge in [-0.3, -0.25) is 4.79 Å². The SMILES string of the molecule is COCc1c(C(O)CC=O)cc2n(c1=O)Cc1c-2nc2cc(F)c(C)cc2c1CN. The lowest BCUT2D eigenvalue weighted by Crippen LogP contribution is -2.26. The van der Waals surface area contributed by atoms with Crippen LogP contribution in [-0.2, 0) is 29.2 Å². The van der Waals surface area contributed by atoms with E-state index in [9.17, 15) is 19.1 Å². The quantitative estimate of drug-likeness (QED) is 0.471. The maximum absolute atomic E-state index is 14.2. The minimum Gasteiger partial charge on any atom is -0.388 e. The zero-order valence-corrected chi connectivity index (χ0v) is 16.7. The minimum absolute atomic E-state index is 0.00423. The van der Waals surface area contributed by atoms with Gasteiger partial charge in [0.2, 0.25) is 0 Å². The van der Waals surface area contributed by atoms with Crippen LogP contribution < -0.4 is 11.3 Å². The van der Waals surface area contributed by atoms with Crippen LogP contribution in [0.25, 0.3) is 22.3 Å². The topological polar surface area (TPSA) is 107 Å². The second-order valence-electron chi connectivity index (χ2n) is 7.45. The summed E-state index contributed by atoms with van der Waals surface area (Å²) in [5.41, 5.74) is 9.95. The average Bonchev–Trinajstić information content (AvgIpc) is 3.08. The van der Waals surface area contributed by atoms with Crippen LogP contribution in [-0.4, -0.2) is 28.1 Å². The van der Waals surface area contributed by atoms with Crippen molar-refractivity contribution in [1.82, 2.24) is 9.55 Å². The number of halogens is 1. The van der Waals surface area contributed by atoms with Crippen LogP contribution >= 0.6 is 0 Å². The van der Waals surface area contributed by atoms with Crippen LogP contribution in [0.5, 0.6) is 0 Å². The Morgan fingerprint density at radius 1 is 1.37 bits per heavy atom. The van der Waals surface area contributed by atoms with E-state index >= 15 is 0 Å². The maximum Gasteiger partial charge on any atom is 0.257 e. The third kappa shape index (κ3) is 3.04. The third-order valence-electron chi connectivity index (χ3n) is 5.65. The van der Waals surface area contributed by atoms with E-state index in [0.29, 0.717) is 39.9 Å². The summed E-state index contributed by atoms with van der Waals surface area (Å²) in [5.74, 6) is -0.370. The number of methoxy groups -OCH3 is 1. The molecule has 156 valence electrons. The lowest BCUT2D eigenvalue weighted by atomic mass is 9.98. The fourth-order valence-corrected chi connectivity index (χ4v) is 4.14. The first kappa shape index (κ1) is 20.3. The van der Waals surface area contributed by atoms with Gasteiger partial charge in [-0.05, 0) is 35.7 Å². The second-order valence-corrected chi connectivity index (χ2v) is 7.45. The highest BCUT2D eigenvalue weighted by Crippen LogP contribution is 2.37. The first-order chi connectivity index (χ1) is 14.4. The van der Waals surface area contributed by atoms with Crippen molar-refractivity contribution < 1.29 is 19.0 Å². The predicted molar refractivity (Wildman–Crippen MR) is 109 cm³/mol. The van der Waals surface area contributed by atoms with Gasteiger partial charge in [0.15, 0.2) is 0 Å². The molecule has 2 aromatic heterocycles. The van der Waals surface area contributed by atoms with Gasteiger partial charge in [0.1, 0.15) is 12.1 Å². The Morgan fingerprint density at radius 3 is 2.80 bits per heavy atom. The van der Waals surface area contributed by atoms with Gasteiger partial charge >= 0.3 is 0 Å². The van der Waals surface area contributed by atoms with E-state index in [1.807, 2.05) is 0 Å². The number of nitrogens with two attached hydrogens (primary N) is 1. The molecule has 0 aliphatic carbocycles. The van der Waals surface area contributed by atoms with Crippen molar-refractivity contribution in [3.8, 4) is 11.4 Å². The zero-order chi connectivity index (χ0) is 21.6. The van der Waals surface area contributed by atoms with E-state index in [0.717, 1.165) is 16.5 Å². The van der Waals surface area contributed by atoms with Crippen LogP contribution in [0.3, 0.4) is 0 Å². The Kier molecular flexibility index (Phi) is 5.23. The summed E-state index contributed by atoms with van der Waals surface area (Å²) in [6.07, 6.45) is -0.676. The Labute approximate surface area is 171 Å². The van der Waals surface area contributed by atoms with Crippen molar-refractivity contribution in [2.75, 3.05) is 7.11 Å². The standard InChI is InChI=1S/C22H22FN3O4/c1-11-5-12-14(8-24)15-9-26-19(21(15)25-18(12)7-17(11)23)6-13(20(28)3-4-27)16(10-30-2)22(26)29/h4-7,20,28H,3,8-10,24H2,1-2H3. The molecule has 0 amide bonds. The number of hydrogen-bond acceptors (Lipinski definition) is 6. The Balaban J connectivity index is 2.02. The molecule has 0 radical (unpaired) electrons. The molecule has 7 nitrogen and oxygen atoms in total. The summed E-state index contributed by atoms with van der Waals surface area (Å²) in [4.78, 5) is 28.8. The molecule has 30 heavy (non-hydrogen) atoms. The number of aldehydes is 1. The molecule has 0 saturated heterocycles. The van der Waals surface area contributed by atoms with Gasteiger partial charge in [-0.15, -0.1) is 0 Å². The molecule has 0 spiro atoms. The van der Waals surface area contributed by atoms with Gasteiger partial charge in [-0.1, -0.05) is 0 Å². The fourth-order valence-electron chi connectivity index (χ4n) is 4.14. The van der Waals surface area contributed by atoms with Crippen LogP contribution in [0.1, 0.15) is 40.3 Å². The number of rotatable bonds is 6. The molecule has 0 saturated carbocycles. The molecular formula is C22H22FN3O4. The molecule has 3 N–H and O–H groups in total. The first-order valence-corrected chi connectivity index (χ1v) is 9.60. The van der Waals surface area contributed by atoms with E-state index in [4.69, 9.17) is 10.5 Å². The van der Waals surface area contributed by atoms with Crippen molar-refractivity contribution in [3.63, 3.8) is 0 Å². The van der Waals surface area contributed by atoms with E-state index in [2.05, 4.69) is 4.98 Å². The molecule has 3 heterocycles. The van der Waals surface area contributed by atoms with E-state index in [-0.39, 0.29) is 37.5 Å². The second kappa shape index (κ2) is 7.71. The van der Waals surface area contributed by atoms with Crippen LogP contribution in [0.15, 0.2) is 23.0 Å². The Morgan fingerprint density at radius 2 is 2.13 bits per heavy atom. The number of aryl methyl sites for hydroxylation is 1. The van der Waals surface area contributed by atoms with Crippen molar-refractivity contribution in [1.29, 1.82) is 0 Å². The maximum atomic E-state index is 14.2. The molecule has 1 aliphatic heterocycles. The van der Waals surface area contributed by atoms with Gasteiger partial charge in [-0.25, -0.2) is 9.37 Å². The predicted octanol–water partition coefficient (Wildman–Crippen LogP) is 2.10. The number of hydrogen-bond donors (Lipinski definition) is 2. The Hall–Kier alpha value is -2.94. The molecular weight excluding hydrogens is 389 g/mol. The number of ether oxygens (including phenoxy) is 1. The minimum atomic E-state index is -1.13. The number of carbonyl (C=O) groups is 1. The van der Waals surface area contributed by atoms with Crippen molar-refractivity contribution in [3.05, 3.63) is 62.2 Å². The van der Waals surface area contributed by atoms with Gasteiger partial charge in [-0.2, -0.15) is 0 Å². The van der Waals surface area contributed by atoms with Crippen molar-refractivity contribution >= 4 is 17.2 Å². The van der Waals surface area contributed by atoms with E-state index in [1.165, 1.54) is 13.2 Å². The monoisotopic (exact) mass is 411 g/mol. The summed E-state index contributed by atoms with van der Waals surface area (Å²) in [5, 5.41) is 11.2. The van der Waals surface area contributed by atoms with Crippen LogP contribution in [0, 0.1) is 12.7 Å².